The number of hydrogen-bond acceptors (Lipinski definition) is 0. The Kier molecular flexibility index (Phi) is 6.19. The lowest BCUT2D eigenvalue weighted by atomic mass is 9.65. The molecular weight excluding hydrogens is 309 g/mol. The van der Waals surface area contributed by atoms with Crippen molar-refractivity contribution in [3.63, 3.8) is 0 Å². The summed E-state index contributed by atoms with van der Waals surface area (Å²) >= 11 is 0. The van der Waals surface area contributed by atoms with Crippen LogP contribution in [0.3, 0.4) is 0 Å². The molecule has 3 saturated carbocycles. The van der Waals surface area contributed by atoms with Crippen LogP contribution in [0.15, 0.2) is 0 Å². The fraction of sp³-hybridized carbons (Fsp3) is 1.00. The van der Waals surface area contributed by atoms with Gasteiger partial charge in [-0.25, -0.2) is 13.2 Å². The zero-order chi connectivity index (χ0) is 17.3. The molecule has 0 spiro atoms. The van der Waals surface area contributed by atoms with Crippen LogP contribution in [0.1, 0.15) is 78.1 Å². The van der Waals surface area contributed by atoms with Crippen LogP contribution in [0.25, 0.3) is 0 Å². The van der Waals surface area contributed by atoms with Crippen molar-refractivity contribution in [2.24, 2.45) is 35.5 Å². The summed E-state index contributed by atoms with van der Waals surface area (Å²) in [5.41, 5.74) is 0. The molecule has 3 fully saturated rings. The van der Waals surface area contributed by atoms with Gasteiger partial charge in [-0.05, 0) is 68.1 Å². The van der Waals surface area contributed by atoms with Crippen LogP contribution in [-0.4, -0.2) is 18.5 Å². The number of rotatable bonds is 2. The minimum absolute atomic E-state index is 0.0868. The Morgan fingerprint density at radius 3 is 1.88 bits per heavy atom. The molecule has 0 radical (unpaired) electrons. The van der Waals surface area contributed by atoms with E-state index >= 15 is 0 Å². The number of hydrogen-bond donors (Lipinski definition) is 0. The minimum Gasteiger partial charge on any atom is -0.247 e. The van der Waals surface area contributed by atoms with Crippen LogP contribution >= 0.6 is 0 Å². The molecule has 0 heterocycles. The standard InChI is InChI=1S/C21H35F3/c1-13-4-3-5-15(7-6-13)16-8-9-18(21(24)10-16)17-11-19(22)14(2)20(23)12-17/h13-21H,3-12H2,1-2H3. The van der Waals surface area contributed by atoms with Crippen LogP contribution < -0.4 is 0 Å². The normalized spacial score (nSPS) is 51.1. The summed E-state index contributed by atoms with van der Waals surface area (Å²) in [6.07, 6.45) is 6.68. The lowest BCUT2D eigenvalue weighted by Crippen LogP contribution is -2.41. The summed E-state index contributed by atoms with van der Waals surface area (Å²) < 4.78 is 43.0. The Labute approximate surface area is 146 Å². The molecule has 0 amide bonds. The zero-order valence-electron chi connectivity index (χ0n) is 15.4. The van der Waals surface area contributed by atoms with Gasteiger partial charge in [-0.15, -0.1) is 0 Å². The molecule has 3 aliphatic rings. The first-order chi connectivity index (χ1) is 11.5. The van der Waals surface area contributed by atoms with Gasteiger partial charge in [0.2, 0.25) is 0 Å². The van der Waals surface area contributed by atoms with E-state index in [4.69, 9.17) is 0 Å². The van der Waals surface area contributed by atoms with Gasteiger partial charge in [0.25, 0.3) is 0 Å². The Hall–Kier alpha value is -0.210. The first-order valence-corrected chi connectivity index (χ1v) is 10.4. The first-order valence-electron chi connectivity index (χ1n) is 10.4. The predicted molar refractivity (Wildman–Crippen MR) is 93.1 cm³/mol. The summed E-state index contributed by atoms with van der Waals surface area (Å²) in [5, 5.41) is 0. The highest BCUT2D eigenvalue weighted by Gasteiger charge is 2.44. The highest BCUT2D eigenvalue weighted by atomic mass is 19.1. The molecule has 7 unspecified atom stereocenters. The smallest absolute Gasteiger partial charge is 0.106 e. The van der Waals surface area contributed by atoms with Crippen molar-refractivity contribution in [2.75, 3.05) is 0 Å². The molecule has 3 heteroatoms. The van der Waals surface area contributed by atoms with Crippen molar-refractivity contribution in [1.29, 1.82) is 0 Å². The summed E-state index contributed by atoms with van der Waals surface area (Å²) in [5.74, 6) is 1.31. The van der Waals surface area contributed by atoms with Gasteiger partial charge in [0.15, 0.2) is 0 Å². The van der Waals surface area contributed by atoms with E-state index in [-0.39, 0.29) is 11.8 Å². The van der Waals surface area contributed by atoms with E-state index in [0.717, 1.165) is 18.8 Å². The van der Waals surface area contributed by atoms with E-state index in [1.54, 1.807) is 6.92 Å². The van der Waals surface area contributed by atoms with E-state index in [9.17, 15) is 13.2 Å². The summed E-state index contributed by atoms with van der Waals surface area (Å²) in [7, 11) is 0. The molecule has 0 bridgehead atoms. The maximum Gasteiger partial charge on any atom is 0.106 e. The fourth-order valence-corrected chi connectivity index (χ4v) is 5.80. The van der Waals surface area contributed by atoms with Gasteiger partial charge in [0.1, 0.15) is 18.5 Å². The highest BCUT2D eigenvalue weighted by molar-refractivity contribution is 4.93. The number of halogens is 3. The molecule has 0 aromatic rings. The molecular formula is C21H35F3. The monoisotopic (exact) mass is 344 g/mol. The quantitative estimate of drug-likeness (QED) is 0.490. The second-order valence-corrected chi connectivity index (χ2v) is 9.25. The van der Waals surface area contributed by atoms with Crippen molar-refractivity contribution < 1.29 is 13.2 Å². The van der Waals surface area contributed by atoms with E-state index in [2.05, 4.69) is 6.92 Å². The van der Waals surface area contributed by atoms with E-state index in [0.29, 0.717) is 31.1 Å². The summed E-state index contributed by atoms with van der Waals surface area (Å²) in [6.45, 7) is 3.99. The third-order valence-electron chi connectivity index (χ3n) is 7.63. The van der Waals surface area contributed by atoms with Gasteiger partial charge < -0.3 is 0 Å². The Morgan fingerprint density at radius 2 is 1.21 bits per heavy atom. The first kappa shape index (κ1) is 18.6. The fourth-order valence-electron chi connectivity index (χ4n) is 5.80. The third kappa shape index (κ3) is 4.12. The van der Waals surface area contributed by atoms with Gasteiger partial charge in [0, 0.05) is 5.92 Å². The molecule has 0 N–H and O–H groups in total. The van der Waals surface area contributed by atoms with Gasteiger partial charge in [-0.1, -0.05) is 39.5 Å². The molecule has 7 atom stereocenters. The SMILES string of the molecule is CC1CCCC(C2CCC(C3CC(F)C(C)C(F)C3)C(F)C2)CC1. The van der Waals surface area contributed by atoms with Crippen molar-refractivity contribution in [2.45, 2.75) is 96.6 Å². The number of alkyl halides is 3. The maximum absolute atomic E-state index is 14.9. The third-order valence-corrected chi connectivity index (χ3v) is 7.63. The molecule has 0 aromatic carbocycles. The molecule has 140 valence electrons. The van der Waals surface area contributed by atoms with Crippen molar-refractivity contribution >= 4 is 0 Å². The van der Waals surface area contributed by atoms with Crippen LogP contribution in [-0.2, 0) is 0 Å². The molecule has 0 aromatic heterocycles. The van der Waals surface area contributed by atoms with Gasteiger partial charge >= 0.3 is 0 Å². The Morgan fingerprint density at radius 1 is 0.583 bits per heavy atom. The van der Waals surface area contributed by atoms with E-state index in [1.807, 2.05) is 0 Å². The van der Waals surface area contributed by atoms with Crippen molar-refractivity contribution in [3.05, 3.63) is 0 Å². The largest absolute Gasteiger partial charge is 0.247 e. The lowest BCUT2D eigenvalue weighted by Gasteiger charge is -2.43. The average molecular weight is 345 g/mol. The Bertz CT molecular complexity index is 387. The predicted octanol–water partition coefficient (Wildman–Crippen LogP) is 6.68. The minimum atomic E-state index is -1.09. The molecule has 3 aliphatic carbocycles. The van der Waals surface area contributed by atoms with Gasteiger partial charge in [0.05, 0.1) is 0 Å². The van der Waals surface area contributed by atoms with Crippen molar-refractivity contribution in [3.8, 4) is 0 Å². The molecule has 0 aliphatic heterocycles. The van der Waals surface area contributed by atoms with Crippen LogP contribution in [0.5, 0.6) is 0 Å². The summed E-state index contributed by atoms with van der Waals surface area (Å²) in [4.78, 5) is 0. The van der Waals surface area contributed by atoms with Gasteiger partial charge in [-0.3, -0.25) is 0 Å². The van der Waals surface area contributed by atoms with E-state index < -0.39 is 24.4 Å². The maximum atomic E-state index is 14.9. The molecule has 3 rings (SSSR count). The zero-order valence-corrected chi connectivity index (χ0v) is 15.4. The Balaban J connectivity index is 1.55. The highest BCUT2D eigenvalue weighted by Crippen LogP contribution is 2.47. The van der Waals surface area contributed by atoms with Crippen LogP contribution in [0.4, 0.5) is 13.2 Å². The topological polar surface area (TPSA) is 0 Å². The van der Waals surface area contributed by atoms with Gasteiger partial charge in [-0.2, -0.15) is 0 Å². The van der Waals surface area contributed by atoms with Crippen molar-refractivity contribution in [1.82, 2.24) is 0 Å². The lowest BCUT2D eigenvalue weighted by molar-refractivity contribution is -0.0105. The van der Waals surface area contributed by atoms with E-state index in [1.165, 1.54) is 32.1 Å². The molecule has 24 heavy (non-hydrogen) atoms. The van der Waals surface area contributed by atoms with Crippen LogP contribution in [0, 0.1) is 35.5 Å². The second-order valence-electron chi connectivity index (χ2n) is 9.25. The van der Waals surface area contributed by atoms with Crippen LogP contribution in [0.2, 0.25) is 0 Å². The summed E-state index contributed by atoms with van der Waals surface area (Å²) in [6, 6.07) is 0. The second kappa shape index (κ2) is 7.99. The molecule has 0 nitrogen and oxygen atoms in total. The molecule has 0 saturated heterocycles. The average Bonchev–Trinajstić information content (AvgIpc) is 2.76.